The summed E-state index contributed by atoms with van der Waals surface area (Å²) in [5, 5.41) is 0. The molecule has 6 heteroatoms. The number of hydrogen-bond acceptors (Lipinski definition) is 6. The third-order valence-electron chi connectivity index (χ3n) is 13.5. The molecule has 1 atom stereocenters. The zero-order chi connectivity index (χ0) is 59.2. The molecule has 0 aliphatic carbocycles. The van der Waals surface area contributed by atoms with Gasteiger partial charge in [0.25, 0.3) is 0 Å². The Labute approximate surface area is 504 Å². The van der Waals surface area contributed by atoms with Crippen LogP contribution in [0.3, 0.4) is 0 Å². The van der Waals surface area contributed by atoms with Gasteiger partial charge in [-0.25, -0.2) is 0 Å². The molecule has 460 valence electrons. The molecule has 0 saturated carbocycles. The molecule has 0 rings (SSSR count). The minimum absolute atomic E-state index is 0.0960. The Balaban J connectivity index is 4.20. The first-order valence-corrected chi connectivity index (χ1v) is 33.1. The molecule has 0 heterocycles. The molecule has 0 radical (unpaired) electrons. The summed E-state index contributed by atoms with van der Waals surface area (Å²) in [4.78, 5) is 38.1. The van der Waals surface area contributed by atoms with Crippen molar-refractivity contribution in [2.75, 3.05) is 13.2 Å². The van der Waals surface area contributed by atoms with E-state index < -0.39 is 6.10 Å². The number of allylic oxidation sites excluding steroid dienone is 28. The van der Waals surface area contributed by atoms with Gasteiger partial charge in [-0.1, -0.05) is 287 Å². The SMILES string of the molecule is CC/C=C\C/C=C\C/C=C\C/C=C\C/C=C\C/C=C\C/C=C\C/C=C\C/C=C\CCCCCC(=O)OCC(COC(=O)CCCCCCCC)OC(=O)CCCCCCCCCCCCC/C=C\C/C=C\C/C=C\C/C=C\C/C=C\CC. The fourth-order valence-corrected chi connectivity index (χ4v) is 8.58. The molecule has 0 N–H and O–H groups in total. The predicted molar refractivity (Wildman–Crippen MR) is 357 cm³/mol. The minimum atomic E-state index is -0.799. The highest BCUT2D eigenvalue weighted by Crippen LogP contribution is 2.15. The Morgan fingerprint density at radius 1 is 0.256 bits per heavy atom. The number of carbonyl (C=O) groups excluding carboxylic acids is 3. The smallest absolute Gasteiger partial charge is 0.306 e. The van der Waals surface area contributed by atoms with Crippen LogP contribution >= 0.6 is 0 Å². The van der Waals surface area contributed by atoms with E-state index in [1.807, 2.05) is 0 Å². The van der Waals surface area contributed by atoms with E-state index in [-0.39, 0.29) is 31.1 Å². The Morgan fingerprint density at radius 2 is 0.476 bits per heavy atom. The second-order valence-corrected chi connectivity index (χ2v) is 21.3. The van der Waals surface area contributed by atoms with Crippen LogP contribution in [0, 0.1) is 0 Å². The van der Waals surface area contributed by atoms with E-state index in [9.17, 15) is 14.4 Å². The fourth-order valence-electron chi connectivity index (χ4n) is 8.58. The summed E-state index contributed by atoms with van der Waals surface area (Å²) in [5.74, 6) is -0.947. The molecule has 0 fully saturated rings. The van der Waals surface area contributed by atoms with Crippen LogP contribution in [0.4, 0.5) is 0 Å². The molecular weight excluding hydrogens is 1010 g/mol. The first-order valence-electron chi connectivity index (χ1n) is 33.1. The fraction of sp³-hybridized carbons (Fsp3) is 0.592. The Morgan fingerprint density at radius 3 is 0.756 bits per heavy atom. The van der Waals surface area contributed by atoms with Gasteiger partial charge in [-0.05, 0) is 135 Å². The number of carbonyl (C=O) groups is 3. The van der Waals surface area contributed by atoms with E-state index in [1.54, 1.807) is 0 Å². The lowest BCUT2D eigenvalue weighted by molar-refractivity contribution is -0.167. The normalized spacial score (nSPS) is 13.3. The number of ether oxygens (including phenoxy) is 3. The van der Waals surface area contributed by atoms with Crippen LogP contribution in [0.25, 0.3) is 0 Å². The third-order valence-corrected chi connectivity index (χ3v) is 13.5. The maximum absolute atomic E-state index is 12.9. The molecule has 0 saturated heterocycles. The molecule has 1 unspecified atom stereocenters. The zero-order valence-corrected chi connectivity index (χ0v) is 52.7. The van der Waals surface area contributed by atoms with Crippen molar-refractivity contribution in [3.05, 3.63) is 170 Å². The Hall–Kier alpha value is -5.23. The number of hydrogen-bond donors (Lipinski definition) is 0. The van der Waals surface area contributed by atoms with E-state index in [1.165, 1.54) is 77.0 Å². The summed E-state index contributed by atoms with van der Waals surface area (Å²) in [6.07, 6.45) is 101. The van der Waals surface area contributed by atoms with E-state index in [0.29, 0.717) is 19.3 Å². The van der Waals surface area contributed by atoms with Crippen LogP contribution in [-0.4, -0.2) is 37.2 Å². The van der Waals surface area contributed by atoms with Gasteiger partial charge >= 0.3 is 17.9 Å². The third kappa shape index (κ3) is 65.6. The minimum Gasteiger partial charge on any atom is -0.462 e. The molecule has 0 spiro atoms. The second kappa shape index (κ2) is 68.3. The lowest BCUT2D eigenvalue weighted by atomic mass is 10.0. The summed E-state index contributed by atoms with van der Waals surface area (Å²) in [6, 6.07) is 0. The standard InChI is InChI=1S/C76H120O6/c1-4-7-10-13-16-18-20-22-24-26-28-30-32-34-36-37-38-39-41-42-44-46-48-50-52-54-56-58-60-63-66-69-75(78)81-72-73(71-80-74(77)68-65-62-15-12-9-6-3)82-76(79)70-67-64-61-59-57-55-53-51-49-47-45-43-40-35-33-31-29-27-25-23-21-19-17-14-11-8-5-2/h7-8,10-11,16-19,22-25,28-31,34-36,38-40,42,44,48,50,54,56,73H,4-6,9,12-15,20-21,26-27,32-33,37,41,43,45-47,49,51-53,55,57-72H2,1-3H3/b10-7-,11-8-,18-16-,19-17-,24-22-,25-23-,30-28-,31-29-,36-34-,39-38-,40-35-,44-42-,50-48-,56-54-. The predicted octanol–water partition coefficient (Wildman–Crippen LogP) is 23.0. The van der Waals surface area contributed by atoms with Gasteiger partial charge in [-0.3, -0.25) is 14.4 Å². The van der Waals surface area contributed by atoms with E-state index in [2.05, 4.69) is 191 Å². The second-order valence-electron chi connectivity index (χ2n) is 21.3. The maximum atomic E-state index is 12.9. The number of esters is 3. The summed E-state index contributed by atoms with van der Waals surface area (Å²) < 4.78 is 16.8. The van der Waals surface area contributed by atoms with Gasteiger partial charge in [0.1, 0.15) is 13.2 Å². The summed E-state index contributed by atoms with van der Waals surface area (Å²) >= 11 is 0. The van der Waals surface area contributed by atoms with Crippen LogP contribution in [0.5, 0.6) is 0 Å². The van der Waals surface area contributed by atoms with Gasteiger partial charge in [0.2, 0.25) is 0 Å². The molecular formula is C76H120O6. The molecule has 0 aromatic heterocycles. The monoisotopic (exact) mass is 1130 g/mol. The van der Waals surface area contributed by atoms with Crippen molar-refractivity contribution >= 4 is 17.9 Å². The van der Waals surface area contributed by atoms with Gasteiger partial charge < -0.3 is 14.2 Å². The van der Waals surface area contributed by atoms with Crippen molar-refractivity contribution in [1.29, 1.82) is 0 Å². The van der Waals surface area contributed by atoms with Crippen molar-refractivity contribution < 1.29 is 28.6 Å². The van der Waals surface area contributed by atoms with Crippen molar-refractivity contribution in [3.8, 4) is 0 Å². The number of rotatable bonds is 58. The van der Waals surface area contributed by atoms with Crippen molar-refractivity contribution in [2.24, 2.45) is 0 Å². The molecule has 6 nitrogen and oxygen atoms in total. The van der Waals surface area contributed by atoms with Crippen molar-refractivity contribution in [3.63, 3.8) is 0 Å². The summed E-state index contributed by atoms with van der Waals surface area (Å²) in [5.41, 5.74) is 0. The lowest BCUT2D eigenvalue weighted by Gasteiger charge is -2.18. The largest absolute Gasteiger partial charge is 0.462 e. The van der Waals surface area contributed by atoms with E-state index in [4.69, 9.17) is 14.2 Å². The molecule has 0 amide bonds. The van der Waals surface area contributed by atoms with Crippen LogP contribution < -0.4 is 0 Å². The first kappa shape index (κ1) is 76.8. The summed E-state index contributed by atoms with van der Waals surface area (Å²) in [6.45, 7) is 6.32. The molecule has 0 bridgehead atoms. The lowest BCUT2D eigenvalue weighted by Crippen LogP contribution is -2.30. The average Bonchev–Trinajstić information content (AvgIpc) is 3.47. The topological polar surface area (TPSA) is 78.9 Å². The summed E-state index contributed by atoms with van der Waals surface area (Å²) in [7, 11) is 0. The van der Waals surface area contributed by atoms with E-state index >= 15 is 0 Å². The highest BCUT2D eigenvalue weighted by atomic mass is 16.6. The van der Waals surface area contributed by atoms with Crippen LogP contribution in [0.1, 0.15) is 271 Å². The van der Waals surface area contributed by atoms with Crippen LogP contribution in [0.2, 0.25) is 0 Å². The quantitative estimate of drug-likeness (QED) is 0.0261. The highest BCUT2D eigenvalue weighted by Gasteiger charge is 2.19. The molecule has 0 aromatic carbocycles. The molecule has 0 aromatic rings. The van der Waals surface area contributed by atoms with Crippen LogP contribution in [0.15, 0.2) is 170 Å². The zero-order valence-electron chi connectivity index (χ0n) is 52.7. The van der Waals surface area contributed by atoms with E-state index in [0.717, 1.165) is 154 Å². The van der Waals surface area contributed by atoms with Crippen molar-refractivity contribution in [2.45, 2.75) is 277 Å². The molecule has 0 aliphatic heterocycles. The van der Waals surface area contributed by atoms with Gasteiger partial charge in [-0.15, -0.1) is 0 Å². The van der Waals surface area contributed by atoms with Crippen LogP contribution in [-0.2, 0) is 28.6 Å². The molecule has 82 heavy (non-hydrogen) atoms. The average molecular weight is 1130 g/mol. The van der Waals surface area contributed by atoms with Gasteiger partial charge in [0, 0.05) is 19.3 Å². The van der Waals surface area contributed by atoms with Gasteiger partial charge in [-0.2, -0.15) is 0 Å². The Bertz CT molecular complexity index is 1870. The maximum Gasteiger partial charge on any atom is 0.306 e. The van der Waals surface area contributed by atoms with Gasteiger partial charge in [0.05, 0.1) is 0 Å². The number of unbranched alkanes of at least 4 members (excludes halogenated alkanes) is 19. The first-order chi connectivity index (χ1) is 40.5. The van der Waals surface area contributed by atoms with Gasteiger partial charge in [0.15, 0.2) is 6.10 Å². The van der Waals surface area contributed by atoms with Crippen molar-refractivity contribution in [1.82, 2.24) is 0 Å². The highest BCUT2D eigenvalue weighted by molar-refractivity contribution is 5.71. The molecule has 0 aliphatic rings. The Kier molecular flexibility index (Phi) is 63.9.